The summed E-state index contributed by atoms with van der Waals surface area (Å²) < 4.78 is 35.7. The first-order chi connectivity index (χ1) is 11.4. The zero-order valence-electron chi connectivity index (χ0n) is 13.5. The number of carboxylic acid groups (broad SMARTS) is 1. The minimum Gasteiger partial charge on any atom is -0.481 e. The number of alkyl halides is 3. The average molecular weight is 338 g/mol. The molecule has 0 radical (unpaired) electrons. The number of hydrogen-bond donors (Lipinski definition) is 1. The van der Waals surface area contributed by atoms with Crippen molar-refractivity contribution in [2.24, 2.45) is 5.92 Å². The summed E-state index contributed by atoms with van der Waals surface area (Å²) >= 11 is 0. The van der Waals surface area contributed by atoms with Crippen LogP contribution in [0.5, 0.6) is 0 Å². The Morgan fingerprint density at radius 1 is 0.958 bits per heavy atom. The van der Waals surface area contributed by atoms with E-state index in [2.05, 4.69) is 48.5 Å². The number of unbranched alkanes of at least 4 members (excludes halogenated alkanes) is 1. The van der Waals surface area contributed by atoms with Gasteiger partial charge in [0.25, 0.3) is 0 Å². The summed E-state index contributed by atoms with van der Waals surface area (Å²) in [5.41, 5.74) is 2.55. The van der Waals surface area contributed by atoms with Gasteiger partial charge in [0.2, 0.25) is 0 Å². The maximum Gasteiger partial charge on any atom is 0.402 e. The molecule has 130 valence electrons. The zero-order valence-corrected chi connectivity index (χ0v) is 13.5. The molecule has 2 aromatic carbocycles. The summed E-state index contributed by atoms with van der Waals surface area (Å²) in [6.45, 7) is 1.72. The average Bonchev–Trinajstić information content (AvgIpc) is 2.56. The van der Waals surface area contributed by atoms with Crippen LogP contribution in [-0.4, -0.2) is 17.3 Å². The van der Waals surface area contributed by atoms with Crippen LogP contribution in [0.25, 0.3) is 11.1 Å². The molecular formula is C19H21F3O2. The molecule has 2 nitrogen and oxygen atoms in total. The van der Waals surface area contributed by atoms with Gasteiger partial charge in [-0.05, 0) is 17.5 Å². The highest BCUT2D eigenvalue weighted by Crippen LogP contribution is 2.30. The van der Waals surface area contributed by atoms with Gasteiger partial charge in [0.05, 0.1) is 0 Å². The Hall–Kier alpha value is -2.30. The van der Waals surface area contributed by atoms with Crippen LogP contribution in [0.4, 0.5) is 13.2 Å². The molecule has 0 spiro atoms. The van der Waals surface area contributed by atoms with Crippen LogP contribution in [0.3, 0.4) is 0 Å². The van der Waals surface area contributed by atoms with Gasteiger partial charge in [-0.2, -0.15) is 13.2 Å². The topological polar surface area (TPSA) is 37.3 Å². The van der Waals surface area contributed by atoms with Crippen molar-refractivity contribution in [3.8, 4) is 11.1 Å². The fraction of sp³-hybridized carbons (Fsp3) is 0.316. The second kappa shape index (κ2) is 9.75. The van der Waals surface area contributed by atoms with Gasteiger partial charge in [0.1, 0.15) is 0 Å². The number of halogens is 3. The van der Waals surface area contributed by atoms with Gasteiger partial charge < -0.3 is 5.11 Å². The van der Waals surface area contributed by atoms with Crippen LogP contribution in [0.2, 0.25) is 0 Å². The molecule has 5 heteroatoms. The number of aliphatic carboxylic acids is 1. The zero-order chi connectivity index (χ0) is 18.0. The Morgan fingerprint density at radius 2 is 1.38 bits per heavy atom. The lowest BCUT2D eigenvalue weighted by Gasteiger charge is -2.14. The lowest BCUT2D eigenvalue weighted by Crippen LogP contribution is -2.30. The van der Waals surface area contributed by atoms with E-state index < -0.39 is 18.1 Å². The van der Waals surface area contributed by atoms with Crippen LogP contribution in [0.1, 0.15) is 26.2 Å². The molecule has 1 N–H and O–H groups in total. The van der Waals surface area contributed by atoms with Crippen LogP contribution in [0, 0.1) is 5.92 Å². The third-order valence-corrected chi connectivity index (χ3v) is 3.42. The van der Waals surface area contributed by atoms with Gasteiger partial charge in [0, 0.05) is 0 Å². The van der Waals surface area contributed by atoms with E-state index in [-0.39, 0.29) is 12.8 Å². The predicted molar refractivity (Wildman–Crippen MR) is 88.6 cm³/mol. The van der Waals surface area contributed by atoms with Crippen molar-refractivity contribution in [1.82, 2.24) is 0 Å². The Labute approximate surface area is 140 Å². The quantitative estimate of drug-likeness (QED) is 0.749. The van der Waals surface area contributed by atoms with E-state index in [0.717, 1.165) is 0 Å². The molecule has 1 atom stereocenters. The molecule has 2 rings (SSSR count). The molecular weight excluding hydrogens is 317 g/mol. The molecule has 0 fully saturated rings. The maximum atomic E-state index is 11.9. The summed E-state index contributed by atoms with van der Waals surface area (Å²) in [7, 11) is 0. The van der Waals surface area contributed by atoms with Crippen LogP contribution in [0.15, 0.2) is 60.7 Å². The number of benzene rings is 2. The van der Waals surface area contributed by atoms with Crippen molar-refractivity contribution in [2.45, 2.75) is 32.4 Å². The lowest BCUT2D eigenvalue weighted by molar-refractivity contribution is -0.194. The molecule has 0 aliphatic heterocycles. The fourth-order valence-corrected chi connectivity index (χ4v) is 2.10. The first-order valence-corrected chi connectivity index (χ1v) is 7.76. The Morgan fingerprint density at radius 3 is 1.67 bits per heavy atom. The second-order valence-corrected chi connectivity index (χ2v) is 5.31. The van der Waals surface area contributed by atoms with Crippen molar-refractivity contribution >= 4 is 5.97 Å². The van der Waals surface area contributed by atoms with E-state index in [1.54, 1.807) is 6.92 Å². The summed E-state index contributed by atoms with van der Waals surface area (Å²) in [5, 5.41) is 8.22. The SMILES string of the molecule is CCCCC(C(=O)O)C(F)(F)F.c1ccc(-c2ccccc2)cc1. The van der Waals surface area contributed by atoms with Gasteiger partial charge in [-0.3, -0.25) is 4.79 Å². The normalized spacial score (nSPS) is 12.0. The van der Waals surface area contributed by atoms with Crippen LogP contribution < -0.4 is 0 Å². The molecule has 0 aliphatic carbocycles. The monoisotopic (exact) mass is 338 g/mol. The van der Waals surface area contributed by atoms with Crippen molar-refractivity contribution < 1.29 is 23.1 Å². The molecule has 0 aliphatic rings. The summed E-state index contributed by atoms with van der Waals surface area (Å²) in [6.07, 6.45) is -4.08. The van der Waals surface area contributed by atoms with Gasteiger partial charge >= 0.3 is 12.1 Å². The smallest absolute Gasteiger partial charge is 0.402 e. The van der Waals surface area contributed by atoms with Crippen molar-refractivity contribution in [3.05, 3.63) is 60.7 Å². The molecule has 0 aromatic heterocycles. The van der Waals surface area contributed by atoms with E-state index in [4.69, 9.17) is 5.11 Å². The first kappa shape index (κ1) is 19.7. The van der Waals surface area contributed by atoms with Gasteiger partial charge in [-0.1, -0.05) is 80.4 Å². The van der Waals surface area contributed by atoms with Gasteiger partial charge in [0.15, 0.2) is 5.92 Å². The minimum atomic E-state index is -4.61. The molecule has 0 bridgehead atoms. The minimum absolute atomic E-state index is 0.288. The standard InChI is InChI=1S/C12H10.C7H11F3O2/c1-3-7-11(8-4-1)12-9-5-2-6-10-12;1-2-3-4-5(6(11)12)7(8,9)10/h1-10H;5H,2-4H2,1H3,(H,11,12). The van der Waals surface area contributed by atoms with E-state index in [1.807, 2.05) is 12.1 Å². The van der Waals surface area contributed by atoms with Crippen molar-refractivity contribution in [1.29, 1.82) is 0 Å². The third-order valence-electron chi connectivity index (χ3n) is 3.42. The largest absolute Gasteiger partial charge is 0.481 e. The number of rotatable bonds is 5. The van der Waals surface area contributed by atoms with Crippen molar-refractivity contribution in [3.63, 3.8) is 0 Å². The van der Waals surface area contributed by atoms with Crippen molar-refractivity contribution in [2.75, 3.05) is 0 Å². The molecule has 0 saturated carbocycles. The third kappa shape index (κ3) is 6.86. The maximum absolute atomic E-state index is 11.9. The molecule has 24 heavy (non-hydrogen) atoms. The molecule has 2 aromatic rings. The number of carboxylic acids is 1. The first-order valence-electron chi connectivity index (χ1n) is 7.76. The van der Waals surface area contributed by atoms with E-state index in [9.17, 15) is 18.0 Å². The molecule has 0 amide bonds. The molecule has 0 saturated heterocycles. The number of carbonyl (C=O) groups is 1. The number of hydrogen-bond acceptors (Lipinski definition) is 1. The van der Waals surface area contributed by atoms with E-state index in [1.165, 1.54) is 11.1 Å². The van der Waals surface area contributed by atoms with E-state index in [0.29, 0.717) is 6.42 Å². The fourth-order valence-electron chi connectivity index (χ4n) is 2.10. The Bertz CT molecular complexity index is 558. The highest BCUT2D eigenvalue weighted by molar-refractivity contribution is 5.70. The second-order valence-electron chi connectivity index (χ2n) is 5.31. The van der Waals surface area contributed by atoms with Crippen LogP contribution >= 0.6 is 0 Å². The Balaban J connectivity index is 0.000000240. The van der Waals surface area contributed by atoms with Gasteiger partial charge in [-0.25, -0.2) is 0 Å². The van der Waals surface area contributed by atoms with Crippen LogP contribution in [-0.2, 0) is 4.79 Å². The molecule has 0 heterocycles. The highest BCUT2D eigenvalue weighted by atomic mass is 19.4. The predicted octanol–water partition coefficient (Wildman–Crippen LogP) is 5.79. The highest BCUT2D eigenvalue weighted by Gasteiger charge is 2.44. The Kier molecular flexibility index (Phi) is 8.02. The summed E-state index contributed by atoms with van der Waals surface area (Å²) in [5.74, 6) is -3.98. The lowest BCUT2D eigenvalue weighted by atomic mass is 10.0. The summed E-state index contributed by atoms with van der Waals surface area (Å²) in [6, 6.07) is 20.8. The molecule has 1 unspecified atom stereocenters. The van der Waals surface area contributed by atoms with E-state index >= 15 is 0 Å². The van der Waals surface area contributed by atoms with Gasteiger partial charge in [-0.15, -0.1) is 0 Å². The summed E-state index contributed by atoms with van der Waals surface area (Å²) in [4.78, 5) is 10.1.